The summed E-state index contributed by atoms with van der Waals surface area (Å²) in [5.41, 5.74) is 1.66. The second-order valence-electron chi connectivity index (χ2n) is 7.56. The molecule has 150 valence electrons. The molecular formula is C21H24Br2N2O3. The zero-order chi connectivity index (χ0) is 20.4. The quantitative estimate of drug-likeness (QED) is 0.448. The minimum atomic E-state index is -1.27. The number of nitrogens with one attached hydrogen (secondary N) is 2. The summed E-state index contributed by atoms with van der Waals surface area (Å²) in [6.07, 6.45) is 1.91. The molecule has 2 aromatic rings. The van der Waals surface area contributed by atoms with E-state index in [0.29, 0.717) is 5.69 Å². The van der Waals surface area contributed by atoms with Gasteiger partial charge in [-0.1, -0.05) is 46.3 Å². The molecule has 0 saturated heterocycles. The van der Waals surface area contributed by atoms with Crippen molar-refractivity contribution in [1.29, 1.82) is 0 Å². The van der Waals surface area contributed by atoms with Crippen LogP contribution in [0.25, 0.3) is 0 Å². The fraction of sp³-hybridized carbons (Fsp3) is 0.381. The summed E-state index contributed by atoms with van der Waals surface area (Å²) in [7, 11) is 0. The van der Waals surface area contributed by atoms with E-state index in [9.17, 15) is 9.90 Å². The van der Waals surface area contributed by atoms with Gasteiger partial charge < -0.3 is 20.5 Å². The number of carbonyl (C=O) groups is 1. The second kappa shape index (κ2) is 8.53. The van der Waals surface area contributed by atoms with E-state index < -0.39 is 5.79 Å². The van der Waals surface area contributed by atoms with E-state index in [0.717, 1.165) is 21.8 Å². The molecule has 0 aliphatic heterocycles. The van der Waals surface area contributed by atoms with Gasteiger partial charge in [-0.2, -0.15) is 0 Å². The molecule has 0 heterocycles. The molecule has 0 aromatic heterocycles. The number of halogens is 2. The van der Waals surface area contributed by atoms with Crippen LogP contribution in [0.3, 0.4) is 0 Å². The molecule has 7 heteroatoms. The highest BCUT2D eigenvalue weighted by atomic mass is 79.9. The van der Waals surface area contributed by atoms with Crippen molar-refractivity contribution in [3.05, 3.63) is 63.0 Å². The van der Waals surface area contributed by atoms with Gasteiger partial charge in [-0.15, -0.1) is 0 Å². The third-order valence-electron chi connectivity index (χ3n) is 4.89. The number of carbonyl (C=O) groups excluding carboxylic acids is 1. The maximum Gasteiger partial charge on any atom is 0.319 e. The van der Waals surface area contributed by atoms with E-state index >= 15 is 0 Å². The third-order valence-corrected chi connectivity index (χ3v) is 6.04. The van der Waals surface area contributed by atoms with E-state index in [4.69, 9.17) is 4.74 Å². The number of amides is 2. The molecule has 2 amide bonds. The van der Waals surface area contributed by atoms with Crippen LogP contribution in [0.5, 0.6) is 0 Å². The Labute approximate surface area is 182 Å². The van der Waals surface area contributed by atoms with Crippen LogP contribution in [0.15, 0.2) is 57.5 Å². The number of hydrogen-bond acceptors (Lipinski definition) is 3. The molecule has 1 aliphatic rings. The molecule has 0 spiro atoms. The van der Waals surface area contributed by atoms with Gasteiger partial charge in [0, 0.05) is 14.4 Å². The smallest absolute Gasteiger partial charge is 0.319 e. The van der Waals surface area contributed by atoms with Gasteiger partial charge in [-0.05, 0) is 66.4 Å². The number of rotatable bonds is 7. The lowest BCUT2D eigenvalue weighted by atomic mass is 9.88. The lowest BCUT2D eigenvalue weighted by Crippen LogP contribution is -2.49. The van der Waals surface area contributed by atoms with Gasteiger partial charge in [-0.25, -0.2) is 4.79 Å². The largest absolute Gasteiger partial charge is 0.366 e. The summed E-state index contributed by atoms with van der Waals surface area (Å²) in [6, 6.07) is 15.1. The first-order valence-electron chi connectivity index (χ1n) is 9.14. The third kappa shape index (κ3) is 5.35. The number of hydrogen-bond donors (Lipinski definition) is 3. The lowest BCUT2D eigenvalue weighted by molar-refractivity contribution is -0.180. The summed E-state index contributed by atoms with van der Waals surface area (Å²) in [5.74, 6) is -1.27. The zero-order valence-electron chi connectivity index (χ0n) is 15.8. The van der Waals surface area contributed by atoms with Crippen LogP contribution in [0.2, 0.25) is 0 Å². The molecular weight excluding hydrogens is 488 g/mol. The minimum Gasteiger partial charge on any atom is -0.366 e. The topological polar surface area (TPSA) is 70.6 Å². The highest BCUT2D eigenvalue weighted by molar-refractivity contribution is 9.11. The van der Waals surface area contributed by atoms with Crippen molar-refractivity contribution in [1.82, 2.24) is 5.32 Å². The van der Waals surface area contributed by atoms with Crippen molar-refractivity contribution >= 4 is 43.6 Å². The van der Waals surface area contributed by atoms with E-state index in [1.165, 1.54) is 5.56 Å². The number of ether oxygens (including phenoxy) is 1. The molecule has 1 fully saturated rings. The fourth-order valence-corrected chi connectivity index (χ4v) is 4.42. The summed E-state index contributed by atoms with van der Waals surface area (Å²) in [4.78, 5) is 12.7. The maximum atomic E-state index is 12.7. The van der Waals surface area contributed by atoms with E-state index in [-0.39, 0.29) is 24.1 Å². The van der Waals surface area contributed by atoms with Gasteiger partial charge in [0.2, 0.25) is 0 Å². The average molecular weight is 512 g/mol. The summed E-state index contributed by atoms with van der Waals surface area (Å²) in [6.45, 7) is 3.39. The van der Waals surface area contributed by atoms with Crippen molar-refractivity contribution in [2.45, 2.75) is 43.9 Å². The Morgan fingerprint density at radius 2 is 1.89 bits per heavy atom. The summed E-state index contributed by atoms with van der Waals surface area (Å²) in [5, 5.41) is 15.9. The van der Waals surface area contributed by atoms with Crippen molar-refractivity contribution in [2.75, 3.05) is 11.9 Å². The molecule has 1 atom stereocenters. The Morgan fingerprint density at radius 3 is 2.46 bits per heavy atom. The molecule has 3 rings (SSSR count). The van der Waals surface area contributed by atoms with Gasteiger partial charge in [0.1, 0.15) is 0 Å². The monoisotopic (exact) mass is 510 g/mol. The molecule has 3 N–H and O–H groups in total. The molecule has 1 saturated carbocycles. The van der Waals surface area contributed by atoms with Crippen LogP contribution in [0.4, 0.5) is 10.5 Å². The van der Waals surface area contributed by atoms with Gasteiger partial charge in [0.15, 0.2) is 5.79 Å². The summed E-state index contributed by atoms with van der Waals surface area (Å²) >= 11 is 6.86. The Bertz CT molecular complexity index is 833. The Hall–Kier alpha value is -1.41. The zero-order valence-corrected chi connectivity index (χ0v) is 19.0. The van der Waals surface area contributed by atoms with Gasteiger partial charge in [0.25, 0.3) is 0 Å². The van der Waals surface area contributed by atoms with E-state index in [1.54, 1.807) is 13.8 Å². The highest BCUT2D eigenvalue weighted by Gasteiger charge is 2.51. The molecule has 0 bridgehead atoms. The van der Waals surface area contributed by atoms with Gasteiger partial charge >= 0.3 is 6.03 Å². The number of benzene rings is 2. The van der Waals surface area contributed by atoms with Crippen molar-refractivity contribution in [3.63, 3.8) is 0 Å². The number of aliphatic hydroxyl groups is 1. The molecule has 5 nitrogen and oxygen atoms in total. The van der Waals surface area contributed by atoms with Crippen molar-refractivity contribution in [2.24, 2.45) is 0 Å². The first-order valence-corrected chi connectivity index (χ1v) is 10.7. The molecule has 28 heavy (non-hydrogen) atoms. The first-order chi connectivity index (χ1) is 13.2. The molecule has 1 unspecified atom stereocenters. The van der Waals surface area contributed by atoms with Crippen LogP contribution >= 0.6 is 31.9 Å². The molecule has 1 aliphatic carbocycles. The Balaban J connectivity index is 1.76. The predicted octanol–water partition coefficient (Wildman–Crippen LogP) is 5.18. The summed E-state index contributed by atoms with van der Waals surface area (Å²) < 4.78 is 7.33. The number of urea groups is 1. The van der Waals surface area contributed by atoms with E-state index in [2.05, 4.69) is 54.6 Å². The normalized spacial score (nSPS) is 16.3. The van der Waals surface area contributed by atoms with Crippen molar-refractivity contribution in [3.8, 4) is 0 Å². The second-order valence-corrected chi connectivity index (χ2v) is 9.33. The van der Waals surface area contributed by atoms with Crippen molar-refractivity contribution < 1.29 is 14.6 Å². The van der Waals surface area contributed by atoms with Crippen LogP contribution < -0.4 is 10.6 Å². The van der Waals surface area contributed by atoms with E-state index in [1.807, 2.05) is 36.4 Å². The minimum absolute atomic E-state index is 0.180. The van der Waals surface area contributed by atoms with Crippen LogP contribution in [-0.2, 0) is 10.2 Å². The Kier molecular flexibility index (Phi) is 6.49. The predicted molar refractivity (Wildman–Crippen MR) is 117 cm³/mol. The Morgan fingerprint density at radius 1 is 1.21 bits per heavy atom. The van der Waals surface area contributed by atoms with Crippen LogP contribution in [-0.4, -0.2) is 29.6 Å². The lowest BCUT2D eigenvalue weighted by Gasteiger charge is -2.31. The number of anilines is 1. The highest BCUT2D eigenvalue weighted by Crippen LogP contribution is 2.51. The molecule has 2 aromatic carbocycles. The SMILES string of the molecule is CC(C)(O)OCC(NC(=O)Nc1ccc(Br)cc1Br)C1(c2ccccc2)CC1. The van der Waals surface area contributed by atoms with Gasteiger partial charge in [0.05, 0.1) is 18.3 Å². The molecule has 0 radical (unpaired) electrons. The maximum absolute atomic E-state index is 12.7. The standard InChI is InChI=1S/C21H24Br2N2O3/c1-20(2,27)28-13-18(21(10-11-21)14-6-4-3-5-7-14)25-19(26)24-17-9-8-15(22)12-16(17)23/h3-9,12,18,27H,10-11,13H2,1-2H3,(H2,24,25,26). The fourth-order valence-electron chi connectivity index (χ4n) is 3.28. The van der Waals surface area contributed by atoms with Crippen LogP contribution in [0.1, 0.15) is 32.3 Å². The van der Waals surface area contributed by atoms with Gasteiger partial charge in [-0.3, -0.25) is 0 Å². The average Bonchev–Trinajstić information content (AvgIpc) is 3.43. The van der Waals surface area contributed by atoms with Crippen LogP contribution in [0, 0.1) is 0 Å². The first kappa shape index (κ1) is 21.3.